The zero-order valence-corrected chi connectivity index (χ0v) is 10.7. The Labute approximate surface area is 94.2 Å². The quantitative estimate of drug-likeness (QED) is 0.715. The predicted octanol–water partition coefficient (Wildman–Crippen LogP) is 1.34. The normalized spacial score (nSPS) is 27.6. The lowest BCUT2D eigenvalue weighted by molar-refractivity contribution is 0.134. The summed E-state index contributed by atoms with van der Waals surface area (Å²) in [5, 5.41) is 3.53. The van der Waals surface area contributed by atoms with Crippen molar-refractivity contribution in [2.75, 3.05) is 39.9 Å². The van der Waals surface area contributed by atoms with Crippen molar-refractivity contribution < 1.29 is 4.74 Å². The second kappa shape index (κ2) is 5.83. The minimum Gasteiger partial charge on any atom is -0.385 e. The molecule has 0 aliphatic carbocycles. The molecule has 0 aromatic carbocycles. The monoisotopic (exact) mass is 214 g/mol. The van der Waals surface area contributed by atoms with Crippen molar-refractivity contribution in [3.05, 3.63) is 0 Å². The second-order valence-electron chi connectivity index (χ2n) is 5.46. The first-order chi connectivity index (χ1) is 7.05. The molecule has 0 spiro atoms. The summed E-state index contributed by atoms with van der Waals surface area (Å²) < 4.78 is 5.11. The van der Waals surface area contributed by atoms with Crippen LogP contribution in [0.5, 0.6) is 0 Å². The molecule has 1 heterocycles. The molecular weight excluding hydrogens is 188 g/mol. The van der Waals surface area contributed by atoms with Gasteiger partial charge in [-0.2, -0.15) is 0 Å². The van der Waals surface area contributed by atoms with Crippen molar-refractivity contribution in [1.29, 1.82) is 0 Å². The van der Waals surface area contributed by atoms with E-state index in [0.717, 1.165) is 32.7 Å². The zero-order valence-electron chi connectivity index (χ0n) is 10.7. The number of methoxy groups -OCH3 is 1. The summed E-state index contributed by atoms with van der Waals surface area (Å²) >= 11 is 0. The van der Waals surface area contributed by atoms with E-state index in [2.05, 4.69) is 31.0 Å². The SMILES string of the molecule is COCCCN1CC(C)(C)CNCC1C. The Balaban J connectivity index is 2.43. The maximum Gasteiger partial charge on any atom is 0.0474 e. The topological polar surface area (TPSA) is 24.5 Å². The second-order valence-corrected chi connectivity index (χ2v) is 5.46. The van der Waals surface area contributed by atoms with E-state index in [4.69, 9.17) is 4.74 Å². The van der Waals surface area contributed by atoms with Crippen molar-refractivity contribution in [2.24, 2.45) is 5.41 Å². The van der Waals surface area contributed by atoms with Crippen LogP contribution in [0, 0.1) is 5.41 Å². The van der Waals surface area contributed by atoms with Crippen LogP contribution in [0.15, 0.2) is 0 Å². The van der Waals surface area contributed by atoms with Crippen LogP contribution in [0.4, 0.5) is 0 Å². The summed E-state index contributed by atoms with van der Waals surface area (Å²) in [5.74, 6) is 0. The summed E-state index contributed by atoms with van der Waals surface area (Å²) in [4.78, 5) is 2.58. The van der Waals surface area contributed by atoms with Crippen LogP contribution in [-0.4, -0.2) is 50.8 Å². The number of rotatable bonds is 4. The summed E-state index contributed by atoms with van der Waals surface area (Å²) in [6.07, 6.45) is 1.14. The number of hydrogen-bond acceptors (Lipinski definition) is 3. The van der Waals surface area contributed by atoms with E-state index >= 15 is 0 Å². The first-order valence-corrected chi connectivity index (χ1v) is 5.99. The molecule has 1 aliphatic heterocycles. The Morgan fingerprint density at radius 1 is 1.47 bits per heavy atom. The van der Waals surface area contributed by atoms with Crippen LogP contribution in [-0.2, 0) is 4.74 Å². The van der Waals surface area contributed by atoms with Gasteiger partial charge in [-0.3, -0.25) is 4.90 Å². The van der Waals surface area contributed by atoms with Crippen LogP contribution in [0.3, 0.4) is 0 Å². The predicted molar refractivity (Wildman–Crippen MR) is 64.2 cm³/mol. The summed E-state index contributed by atoms with van der Waals surface area (Å²) in [6.45, 7) is 12.4. The molecule has 0 saturated carbocycles. The molecule has 3 heteroatoms. The van der Waals surface area contributed by atoms with E-state index in [9.17, 15) is 0 Å². The Morgan fingerprint density at radius 2 is 2.20 bits per heavy atom. The molecule has 1 atom stereocenters. The van der Waals surface area contributed by atoms with E-state index in [1.165, 1.54) is 6.54 Å². The third kappa shape index (κ3) is 4.49. The van der Waals surface area contributed by atoms with E-state index in [-0.39, 0.29) is 0 Å². The van der Waals surface area contributed by atoms with Gasteiger partial charge in [-0.25, -0.2) is 0 Å². The highest BCUT2D eigenvalue weighted by atomic mass is 16.5. The average molecular weight is 214 g/mol. The Kier molecular flexibility index (Phi) is 5.03. The average Bonchev–Trinajstić information content (AvgIpc) is 2.27. The zero-order chi connectivity index (χ0) is 11.3. The fraction of sp³-hybridized carbons (Fsp3) is 1.00. The maximum atomic E-state index is 5.11. The molecule has 0 amide bonds. The largest absolute Gasteiger partial charge is 0.385 e. The fourth-order valence-electron chi connectivity index (χ4n) is 2.22. The molecule has 1 rings (SSSR count). The van der Waals surface area contributed by atoms with E-state index in [1.807, 2.05) is 0 Å². The first-order valence-electron chi connectivity index (χ1n) is 5.99. The standard InChI is InChI=1S/C12H26N2O/c1-11-8-13-9-12(2,3)10-14(11)6-5-7-15-4/h11,13H,5-10H2,1-4H3. The minimum absolute atomic E-state index is 0.387. The lowest BCUT2D eigenvalue weighted by atomic mass is 9.93. The fourth-order valence-corrected chi connectivity index (χ4v) is 2.22. The van der Waals surface area contributed by atoms with Crippen molar-refractivity contribution in [2.45, 2.75) is 33.2 Å². The smallest absolute Gasteiger partial charge is 0.0474 e. The highest BCUT2D eigenvalue weighted by molar-refractivity contribution is 4.84. The third-order valence-electron chi connectivity index (χ3n) is 3.09. The molecule has 1 unspecified atom stereocenters. The van der Waals surface area contributed by atoms with E-state index in [0.29, 0.717) is 11.5 Å². The van der Waals surface area contributed by atoms with Crippen LogP contribution in [0.1, 0.15) is 27.2 Å². The third-order valence-corrected chi connectivity index (χ3v) is 3.09. The molecule has 1 N–H and O–H groups in total. The lowest BCUT2D eigenvalue weighted by Crippen LogP contribution is -2.40. The summed E-state index contributed by atoms with van der Waals surface area (Å²) in [6, 6.07) is 0.642. The Morgan fingerprint density at radius 3 is 2.87 bits per heavy atom. The highest BCUT2D eigenvalue weighted by Crippen LogP contribution is 2.20. The number of ether oxygens (including phenoxy) is 1. The van der Waals surface area contributed by atoms with Gasteiger partial charge in [0.25, 0.3) is 0 Å². The van der Waals surface area contributed by atoms with Crippen molar-refractivity contribution in [3.8, 4) is 0 Å². The van der Waals surface area contributed by atoms with Crippen LogP contribution < -0.4 is 5.32 Å². The first kappa shape index (κ1) is 12.9. The molecule has 90 valence electrons. The molecule has 3 nitrogen and oxygen atoms in total. The van der Waals surface area contributed by atoms with Gasteiger partial charge in [0.2, 0.25) is 0 Å². The van der Waals surface area contributed by atoms with Gasteiger partial charge in [-0.15, -0.1) is 0 Å². The lowest BCUT2D eigenvalue weighted by Gasteiger charge is -2.32. The molecule has 1 aliphatic rings. The Hall–Kier alpha value is -0.120. The van der Waals surface area contributed by atoms with Crippen molar-refractivity contribution in [1.82, 2.24) is 10.2 Å². The van der Waals surface area contributed by atoms with Gasteiger partial charge in [0.05, 0.1) is 0 Å². The molecule has 15 heavy (non-hydrogen) atoms. The van der Waals surface area contributed by atoms with Crippen molar-refractivity contribution >= 4 is 0 Å². The van der Waals surface area contributed by atoms with E-state index in [1.54, 1.807) is 7.11 Å². The van der Waals surface area contributed by atoms with Crippen LogP contribution in [0.2, 0.25) is 0 Å². The van der Waals surface area contributed by atoms with Gasteiger partial charge in [0.1, 0.15) is 0 Å². The molecule has 0 bridgehead atoms. The van der Waals surface area contributed by atoms with Crippen LogP contribution in [0.25, 0.3) is 0 Å². The summed E-state index contributed by atoms with van der Waals surface area (Å²) in [7, 11) is 1.78. The molecule has 0 aromatic heterocycles. The Bertz CT molecular complexity index is 182. The van der Waals surface area contributed by atoms with Gasteiger partial charge in [-0.05, 0) is 18.8 Å². The van der Waals surface area contributed by atoms with Gasteiger partial charge < -0.3 is 10.1 Å². The molecule has 1 fully saturated rings. The number of nitrogens with one attached hydrogen (secondary N) is 1. The van der Waals surface area contributed by atoms with E-state index < -0.39 is 0 Å². The van der Waals surface area contributed by atoms with Crippen molar-refractivity contribution in [3.63, 3.8) is 0 Å². The summed E-state index contributed by atoms with van der Waals surface area (Å²) in [5.41, 5.74) is 0.387. The van der Waals surface area contributed by atoms with Gasteiger partial charge in [0, 0.05) is 45.9 Å². The van der Waals surface area contributed by atoms with Crippen LogP contribution >= 0.6 is 0 Å². The number of nitrogens with zero attached hydrogens (tertiary/aromatic N) is 1. The molecule has 0 radical (unpaired) electrons. The van der Waals surface area contributed by atoms with Gasteiger partial charge in [-0.1, -0.05) is 13.8 Å². The highest BCUT2D eigenvalue weighted by Gasteiger charge is 2.27. The van der Waals surface area contributed by atoms with Gasteiger partial charge >= 0.3 is 0 Å². The molecule has 1 saturated heterocycles. The number of hydrogen-bond donors (Lipinski definition) is 1. The maximum absolute atomic E-state index is 5.11. The minimum atomic E-state index is 0.387. The van der Waals surface area contributed by atoms with Gasteiger partial charge in [0.15, 0.2) is 0 Å². The molecular formula is C12H26N2O. The molecule has 0 aromatic rings.